The van der Waals surface area contributed by atoms with Crippen molar-refractivity contribution in [2.45, 2.75) is 44.6 Å². The van der Waals surface area contributed by atoms with E-state index in [0.717, 1.165) is 30.5 Å². The summed E-state index contributed by atoms with van der Waals surface area (Å²) >= 11 is 1.44. The molecule has 1 aromatic heterocycles. The van der Waals surface area contributed by atoms with E-state index in [0.29, 0.717) is 18.4 Å². The number of nitrogens with zero attached hydrogens (tertiary/aromatic N) is 3. The highest BCUT2D eigenvalue weighted by Gasteiger charge is 2.29. The standard InChI is InChI=1S/C12H18N4OS/c1-2-10(17)16-6-5-9(7-16)13-12-14-11(15-18-12)8-3-4-8/h8-9H,2-7H2,1H3,(H,13,14,15). The molecule has 5 nitrogen and oxygen atoms in total. The maximum atomic E-state index is 11.6. The molecule has 1 aromatic rings. The van der Waals surface area contributed by atoms with E-state index in [-0.39, 0.29) is 5.91 Å². The van der Waals surface area contributed by atoms with Gasteiger partial charge in [0.2, 0.25) is 11.0 Å². The molecule has 1 aliphatic heterocycles. The molecule has 1 atom stereocenters. The molecule has 2 aliphatic rings. The summed E-state index contributed by atoms with van der Waals surface area (Å²) in [5, 5.41) is 4.31. The molecule has 1 saturated carbocycles. The maximum Gasteiger partial charge on any atom is 0.222 e. The second kappa shape index (κ2) is 4.84. The third-order valence-corrected chi connectivity index (χ3v) is 4.22. The summed E-state index contributed by atoms with van der Waals surface area (Å²) in [5.41, 5.74) is 0. The Morgan fingerprint density at radius 2 is 2.33 bits per heavy atom. The van der Waals surface area contributed by atoms with Crippen LogP contribution in [-0.2, 0) is 4.79 Å². The zero-order chi connectivity index (χ0) is 12.5. The number of anilines is 1. The quantitative estimate of drug-likeness (QED) is 0.903. The molecular weight excluding hydrogens is 248 g/mol. The molecule has 2 heterocycles. The van der Waals surface area contributed by atoms with Crippen molar-refractivity contribution in [1.29, 1.82) is 0 Å². The molecule has 1 amide bonds. The zero-order valence-corrected chi connectivity index (χ0v) is 11.4. The molecule has 1 unspecified atom stereocenters. The highest BCUT2D eigenvalue weighted by Crippen LogP contribution is 2.39. The van der Waals surface area contributed by atoms with Crippen molar-refractivity contribution in [2.24, 2.45) is 0 Å². The smallest absolute Gasteiger partial charge is 0.222 e. The SMILES string of the molecule is CCC(=O)N1CCC(Nc2nc(C3CC3)ns2)C1. The molecule has 18 heavy (non-hydrogen) atoms. The van der Waals surface area contributed by atoms with Crippen molar-refractivity contribution >= 4 is 22.6 Å². The number of aromatic nitrogens is 2. The first kappa shape index (κ1) is 11.9. The highest BCUT2D eigenvalue weighted by molar-refractivity contribution is 7.09. The molecule has 98 valence electrons. The van der Waals surface area contributed by atoms with E-state index in [1.54, 1.807) is 0 Å². The minimum Gasteiger partial charge on any atom is -0.356 e. The number of rotatable bonds is 4. The van der Waals surface area contributed by atoms with Crippen LogP contribution in [0.1, 0.15) is 44.3 Å². The van der Waals surface area contributed by atoms with E-state index in [2.05, 4.69) is 14.7 Å². The van der Waals surface area contributed by atoms with Gasteiger partial charge in [0.15, 0.2) is 0 Å². The molecule has 1 N–H and O–H groups in total. The van der Waals surface area contributed by atoms with Crippen LogP contribution in [0.3, 0.4) is 0 Å². The van der Waals surface area contributed by atoms with Gasteiger partial charge in [-0.3, -0.25) is 4.79 Å². The van der Waals surface area contributed by atoms with Crippen molar-refractivity contribution in [2.75, 3.05) is 18.4 Å². The van der Waals surface area contributed by atoms with Crippen LogP contribution in [0.2, 0.25) is 0 Å². The van der Waals surface area contributed by atoms with Crippen LogP contribution < -0.4 is 5.32 Å². The van der Waals surface area contributed by atoms with Crippen LogP contribution in [-0.4, -0.2) is 39.3 Å². The van der Waals surface area contributed by atoms with E-state index in [4.69, 9.17) is 0 Å². The van der Waals surface area contributed by atoms with Crippen molar-refractivity contribution in [3.05, 3.63) is 5.82 Å². The predicted molar refractivity (Wildman–Crippen MR) is 70.8 cm³/mol. The molecule has 0 bridgehead atoms. The lowest BCUT2D eigenvalue weighted by molar-refractivity contribution is -0.129. The van der Waals surface area contributed by atoms with Gasteiger partial charge in [-0.05, 0) is 19.3 Å². The number of likely N-dealkylation sites (tertiary alicyclic amines) is 1. The molecule has 0 aromatic carbocycles. The Balaban J connectivity index is 1.55. The van der Waals surface area contributed by atoms with Crippen LogP contribution in [0.25, 0.3) is 0 Å². The Kier molecular flexibility index (Phi) is 3.20. The third-order valence-electron chi connectivity index (χ3n) is 3.56. The molecule has 6 heteroatoms. The highest BCUT2D eigenvalue weighted by atomic mass is 32.1. The van der Waals surface area contributed by atoms with Gasteiger partial charge >= 0.3 is 0 Å². The van der Waals surface area contributed by atoms with E-state index in [1.807, 2.05) is 11.8 Å². The van der Waals surface area contributed by atoms with Gasteiger partial charge in [-0.25, -0.2) is 4.98 Å². The number of amides is 1. The summed E-state index contributed by atoms with van der Waals surface area (Å²) in [4.78, 5) is 18.0. The molecule has 1 saturated heterocycles. The molecular formula is C12H18N4OS. The average molecular weight is 266 g/mol. The summed E-state index contributed by atoms with van der Waals surface area (Å²) in [7, 11) is 0. The third kappa shape index (κ3) is 2.48. The van der Waals surface area contributed by atoms with Crippen LogP contribution in [0, 0.1) is 0 Å². The van der Waals surface area contributed by atoms with Crippen LogP contribution in [0.4, 0.5) is 5.13 Å². The van der Waals surface area contributed by atoms with Crippen LogP contribution in [0.15, 0.2) is 0 Å². The van der Waals surface area contributed by atoms with Crippen molar-refractivity contribution in [3.8, 4) is 0 Å². The fraction of sp³-hybridized carbons (Fsp3) is 0.750. The fourth-order valence-electron chi connectivity index (χ4n) is 2.30. The van der Waals surface area contributed by atoms with Crippen molar-refractivity contribution in [3.63, 3.8) is 0 Å². The monoisotopic (exact) mass is 266 g/mol. The first-order valence-corrected chi connectivity index (χ1v) is 7.41. The number of nitrogens with one attached hydrogen (secondary N) is 1. The Hall–Kier alpha value is -1.17. The summed E-state index contributed by atoms with van der Waals surface area (Å²) < 4.78 is 4.38. The lowest BCUT2D eigenvalue weighted by atomic mass is 10.3. The lowest BCUT2D eigenvalue weighted by Crippen LogP contribution is -2.30. The lowest BCUT2D eigenvalue weighted by Gasteiger charge is -2.15. The van der Waals surface area contributed by atoms with Gasteiger partial charge in [0, 0.05) is 43.0 Å². The minimum absolute atomic E-state index is 0.246. The van der Waals surface area contributed by atoms with Gasteiger partial charge in [-0.1, -0.05) is 6.92 Å². The van der Waals surface area contributed by atoms with Crippen LogP contribution >= 0.6 is 11.5 Å². The molecule has 3 rings (SSSR count). The Bertz CT molecular complexity index is 443. The molecule has 1 aliphatic carbocycles. The summed E-state index contributed by atoms with van der Waals surface area (Å²) in [6.07, 6.45) is 4.07. The first-order chi connectivity index (χ1) is 8.76. The van der Waals surface area contributed by atoms with E-state index < -0.39 is 0 Å². The number of carbonyl (C=O) groups is 1. The predicted octanol–water partition coefficient (Wildman–Crippen LogP) is 1.84. The number of hydrogen-bond donors (Lipinski definition) is 1. The van der Waals surface area contributed by atoms with Crippen molar-refractivity contribution in [1.82, 2.24) is 14.3 Å². The van der Waals surface area contributed by atoms with E-state index >= 15 is 0 Å². The van der Waals surface area contributed by atoms with Crippen LogP contribution in [0.5, 0.6) is 0 Å². The second-order valence-corrected chi connectivity index (χ2v) is 5.81. The average Bonchev–Trinajstić information content (AvgIpc) is 2.96. The van der Waals surface area contributed by atoms with E-state index in [9.17, 15) is 4.79 Å². The summed E-state index contributed by atoms with van der Waals surface area (Å²) in [6, 6.07) is 0.334. The Morgan fingerprint density at radius 3 is 3.06 bits per heavy atom. The first-order valence-electron chi connectivity index (χ1n) is 6.64. The fourth-order valence-corrected chi connectivity index (χ4v) is 3.03. The molecule has 0 radical (unpaired) electrons. The molecule has 2 fully saturated rings. The van der Waals surface area contributed by atoms with Gasteiger partial charge < -0.3 is 10.2 Å². The minimum atomic E-state index is 0.246. The van der Waals surface area contributed by atoms with Gasteiger partial charge in [0.25, 0.3) is 0 Å². The zero-order valence-electron chi connectivity index (χ0n) is 10.6. The molecule has 0 spiro atoms. The van der Waals surface area contributed by atoms with Gasteiger partial charge in [0.05, 0.1) is 0 Å². The summed E-state index contributed by atoms with van der Waals surface area (Å²) in [6.45, 7) is 3.57. The summed E-state index contributed by atoms with van der Waals surface area (Å²) in [5.74, 6) is 1.86. The Morgan fingerprint density at radius 1 is 1.50 bits per heavy atom. The maximum absolute atomic E-state index is 11.6. The topological polar surface area (TPSA) is 58.1 Å². The van der Waals surface area contributed by atoms with Gasteiger partial charge in [0.1, 0.15) is 5.82 Å². The number of carbonyl (C=O) groups excluding carboxylic acids is 1. The van der Waals surface area contributed by atoms with Gasteiger partial charge in [-0.15, -0.1) is 0 Å². The van der Waals surface area contributed by atoms with E-state index in [1.165, 1.54) is 24.4 Å². The van der Waals surface area contributed by atoms with Crippen molar-refractivity contribution < 1.29 is 4.79 Å². The second-order valence-electron chi connectivity index (χ2n) is 5.06. The number of hydrogen-bond acceptors (Lipinski definition) is 5. The largest absolute Gasteiger partial charge is 0.356 e. The van der Waals surface area contributed by atoms with Gasteiger partial charge in [-0.2, -0.15) is 4.37 Å². The Labute approximate surface area is 111 Å². The normalized spacial score (nSPS) is 23.4.